The number of hydrogen-bond acceptors (Lipinski definition) is 7. The molecule has 0 saturated heterocycles. The lowest BCUT2D eigenvalue weighted by molar-refractivity contribution is -0.115. The fraction of sp³-hybridized carbons (Fsp3) is 0.364. The van der Waals surface area contributed by atoms with Gasteiger partial charge in [-0.3, -0.25) is 4.79 Å². The van der Waals surface area contributed by atoms with Crippen LogP contribution in [0.5, 0.6) is 5.75 Å². The van der Waals surface area contributed by atoms with Crippen molar-refractivity contribution in [3.63, 3.8) is 0 Å². The highest BCUT2D eigenvalue weighted by molar-refractivity contribution is 5.93. The monoisotopic (exact) mass is 424 g/mol. The molecule has 1 aliphatic carbocycles. The molecule has 3 aromatic rings. The number of ether oxygens (including phenoxy) is 2. The van der Waals surface area contributed by atoms with E-state index in [1.165, 1.54) is 7.11 Å². The summed E-state index contributed by atoms with van der Waals surface area (Å²) >= 11 is 0. The Morgan fingerprint density at radius 3 is 2.77 bits per heavy atom. The summed E-state index contributed by atoms with van der Waals surface area (Å²) in [5, 5.41) is 6.53. The molecule has 4 rings (SSSR count). The van der Waals surface area contributed by atoms with Gasteiger partial charge in [-0.05, 0) is 44.9 Å². The number of carbonyl (C=O) groups is 2. The fourth-order valence-electron chi connectivity index (χ4n) is 3.59. The zero-order chi connectivity index (χ0) is 22.0. The zero-order valence-corrected chi connectivity index (χ0v) is 17.7. The molecule has 1 amide bonds. The maximum atomic E-state index is 12.5. The van der Waals surface area contributed by atoms with Crippen LogP contribution in [0.1, 0.15) is 52.3 Å². The molecule has 0 radical (unpaired) electrons. The molecular weight excluding hydrogens is 400 g/mol. The van der Waals surface area contributed by atoms with Crippen LogP contribution in [0, 0.1) is 13.8 Å². The van der Waals surface area contributed by atoms with Crippen LogP contribution in [0.3, 0.4) is 0 Å². The number of rotatable bonds is 8. The summed E-state index contributed by atoms with van der Waals surface area (Å²) in [6, 6.07) is 9.42. The number of benzene rings is 1. The predicted octanol–water partition coefficient (Wildman–Crippen LogP) is 3.37. The van der Waals surface area contributed by atoms with Crippen LogP contribution >= 0.6 is 0 Å². The molecule has 162 valence electrons. The fourth-order valence-corrected chi connectivity index (χ4v) is 3.59. The first-order valence-corrected chi connectivity index (χ1v) is 10.1. The summed E-state index contributed by atoms with van der Waals surface area (Å²) in [6.07, 6.45) is 2.19. The molecule has 0 aliphatic heterocycles. The second-order valence-electron chi connectivity index (χ2n) is 7.49. The van der Waals surface area contributed by atoms with Crippen molar-refractivity contribution in [1.29, 1.82) is 0 Å². The molecule has 31 heavy (non-hydrogen) atoms. The van der Waals surface area contributed by atoms with Gasteiger partial charge in [0.25, 0.3) is 5.89 Å². The molecule has 9 heteroatoms. The van der Waals surface area contributed by atoms with Gasteiger partial charge >= 0.3 is 5.97 Å². The van der Waals surface area contributed by atoms with Crippen LogP contribution in [0.25, 0.3) is 0 Å². The van der Waals surface area contributed by atoms with E-state index in [1.807, 2.05) is 26.0 Å². The predicted molar refractivity (Wildman–Crippen MR) is 111 cm³/mol. The number of carbonyl (C=O) groups excluding carboxylic acids is 2. The Bertz CT molecular complexity index is 1110. The van der Waals surface area contributed by atoms with E-state index in [0.717, 1.165) is 24.2 Å². The van der Waals surface area contributed by atoms with Crippen molar-refractivity contribution < 1.29 is 23.6 Å². The molecule has 0 unspecified atom stereocenters. The highest BCUT2D eigenvalue weighted by Crippen LogP contribution is 2.38. The van der Waals surface area contributed by atoms with E-state index in [1.54, 1.807) is 18.2 Å². The van der Waals surface area contributed by atoms with Crippen LogP contribution in [-0.4, -0.2) is 33.7 Å². The molecule has 1 fully saturated rings. The van der Waals surface area contributed by atoms with E-state index in [2.05, 4.69) is 20.0 Å². The summed E-state index contributed by atoms with van der Waals surface area (Å²) < 4.78 is 17.8. The van der Waals surface area contributed by atoms with E-state index in [9.17, 15) is 9.59 Å². The Labute approximate surface area is 179 Å². The van der Waals surface area contributed by atoms with E-state index < -0.39 is 5.97 Å². The number of amides is 1. The van der Waals surface area contributed by atoms with Gasteiger partial charge in [-0.25, -0.2) is 4.79 Å². The van der Waals surface area contributed by atoms with Gasteiger partial charge < -0.3 is 23.9 Å². The van der Waals surface area contributed by atoms with Crippen LogP contribution in [0.4, 0.5) is 5.69 Å². The van der Waals surface area contributed by atoms with E-state index in [4.69, 9.17) is 14.0 Å². The summed E-state index contributed by atoms with van der Waals surface area (Å²) in [4.78, 5) is 28.9. The minimum Gasteiger partial charge on any atom is -0.495 e. The average Bonchev–Trinajstić information content (AvgIpc) is 3.40. The van der Waals surface area contributed by atoms with Crippen molar-refractivity contribution in [3.8, 4) is 5.75 Å². The number of methoxy groups -OCH3 is 1. The first kappa shape index (κ1) is 20.6. The van der Waals surface area contributed by atoms with Crippen molar-refractivity contribution in [3.05, 3.63) is 59.0 Å². The maximum Gasteiger partial charge on any atom is 0.340 e. The van der Waals surface area contributed by atoms with Gasteiger partial charge in [0.15, 0.2) is 12.4 Å². The molecule has 1 N–H and O–H groups in total. The molecule has 1 aliphatic rings. The number of esters is 1. The average molecular weight is 424 g/mol. The SMILES string of the molecule is COc1ccccc1NC(=O)Cc1noc(COC(=O)c2cc(C)n(C3CC3)c2C)n1. The standard InChI is InChI=1S/C22H24N4O5/c1-13-10-16(14(2)26(13)15-8-9-15)22(28)30-12-21-24-19(25-31-21)11-20(27)23-17-6-4-5-7-18(17)29-3/h4-7,10,15H,8-9,11-12H2,1-3H3,(H,23,27). The second-order valence-corrected chi connectivity index (χ2v) is 7.49. The van der Waals surface area contributed by atoms with Gasteiger partial charge in [0.2, 0.25) is 5.91 Å². The van der Waals surface area contributed by atoms with E-state index in [-0.39, 0.29) is 30.7 Å². The quantitative estimate of drug-likeness (QED) is 0.552. The number of anilines is 1. The number of para-hydroxylation sites is 2. The Morgan fingerprint density at radius 2 is 2.03 bits per heavy atom. The summed E-state index contributed by atoms with van der Waals surface area (Å²) in [7, 11) is 1.53. The van der Waals surface area contributed by atoms with Gasteiger partial charge in [0.05, 0.1) is 24.8 Å². The first-order valence-electron chi connectivity index (χ1n) is 10.1. The molecular formula is C22H24N4O5. The van der Waals surface area contributed by atoms with Crippen LogP contribution < -0.4 is 10.1 Å². The molecule has 0 atom stereocenters. The maximum absolute atomic E-state index is 12.5. The molecule has 2 aromatic heterocycles. The topological polar surface area (TPSA) is 108 Å². The first-order chi connectivity index (χ1) is 15.0. The van der Waals surface area contributed by atoms with Crippen molar-refractivity contribution in [2.75, 3.05) is 12.4 Å². The summed E-state index contributed by atoms with van der Waals surface area (Å²) in [5.41, 5.74) is 3.05. The lowest BCUT2D eigenvalue weighted by Crippen LogP contribution is -2.15. The molecule has 1 aromatic carbocycles. The summed E-state index contributed by atoms with van der Waals surface area (Å²) in [5.74, 6) is 0.127. The molecule has 1 saturated carbocycles. The van der Waals surface area contributed by atoms with Gasteiger partial charge in [-0.1, -0.05) is 17.3 Å². The Morgan fingerprint density at radius 1 is 1.26 bits per heavy atom. The highest BCUT2D eigenvalue weighted by atomic mass is 16.6. The third-order valence-corrected chi connectivity index (χ3v) is 5.15. The van der Waals surface area contributed by atoms with E-state index >= 15 is 0 Å². The van der Waals surface area contributed by atoms with Crippen molar-refractivity contribution >= 4 is 17.6 Å². The number of aromatic nitrogens is 3. The Balaban J connectivity index is 1.32. The number of nitrogens with one attached hydrogen (secondary N) is 1. The van der Waals surface area contributed by atoms with Crippen molar-refractivity contribution in [2.45, 2.75) is 45.8 Å². The van der Waals surface area contributed by atoms with E-state index in [0.29, 0.717) is 23.0 Å². The lowest BCUT2D eigenvalue weighted by atomic mass is 10.2. The summed E-state index contributed by atoms with van der Waals surface area (Å²) in [6.45, 7) is 3.75. The van der Waals surface area contributed by atoms with Gasteiger partial charge in [0.1, 0.15) is 5.75 Å². The van der Waals surface area contributed by atoms with Crippen LogP contribution in [0.15, 0.2) is 34.9 Å². The van der Waals surface area contributed by atoms with Crippen LogP contribution in [0.2, 0.25) is 0 Å². The smallest absolute Gasteiger partial charge is 0.340 e. The molecule has 9 nitrogen and oxygen atoms in total. The number of hydrogen-bond donors (Lipinski definition) is 1. The second kappa shape index (κ2) is 8.63. The highest BCUT2D eigenvalue weighted by Gasteiger charge is 2.29. The number of aryl methyl sites for hydroxylation is 1. The van der Waals surface area contributed by atoms with Crippen molar-refractivity contribution in [1.82, 2.24) is 14.7 Å². The van der Waals surface area contributed by atoms with Crippen LogP contribution in [-0.2, 0) is 22.6 Å². The normalized spacial score (nSPS) is 13.1. The minimum atomic E-state index is -0.436. The number of nitrogens with zero attached hydrogens (tertiary/aromatic N) is 3. The Kier molecular flexibility index (Phi) is 5.75. The molecule has 2 heterocycles. The third kappa shape index (κ3) is 4.60. The minimum absolute atomic E-state index is 0.0853. The lowest BCUT2D eigenvalue weighted by Gasteiger charge is -2.08. The zero-order valence-electron chi connectivity index (χ0n) is 17.7. The van der Waals surface area contributed by atoms with Crippen molar-refractivity contribution in [2.24, 2.45) is 0 Å². The third-order valence-electron chi connectivity index (χ3n) is 5.15. The van der Waals surface area contributed by atoms with Gasteiger partial charge in [-0.2, -0.15) is 4.98 Å². The van der Waals surface area contributed by atoms with Gasteiger partial charge in [0, 0.05) is 17.4 Å². The Hall–Kier alpha value is -3.62. The van der Waals surface area contributed by atoms with Gasteiger partial charge in [-0.15, -0.1) is 0 Å². The molecule has 0 spiro atoms. The molecule has 0 bridgehead atoms. The largest absolute Gasteiger partial charge is 0.495 e.